The van der Waals surface area contributed by atoms with Gasteiger partial charge in [-0.15, -0.1) is 68.0 Å². The first-order chi connectivity index (χ1) is 51.6. The average molecular weight is 1500 g/mol. The Morgan fingerprint density at radius 3 is 1.16 bits per heavy atom. The van der Waals surface area contributed by atoms with Crippen LogP contribution >= 0.6 is 68.0 Å². The SMILES string of the molecule is CCCCCCC1=CC=C(c2cc(-c3cc(-c4ccc(CCCCCC)s4)c(-c4ccc(-c5cc6c(s5)-c5cc7c(cc5C6(c5ccc(CCCCCC)cc5)c5ccc(CCCCCC)cc5)-c5sc(C)cc5C7(c5ccc(CCCCCC)cc5)c5ccc(CCCCCC)cc5)s4)s3)sc2C)C1. The van der Waals surface area contributed by atoms with Gasteiger partial charge in [-0.25, -0.2) is 0 Å². The zero-order valence-electron chi connectivity index (χ0n) is 64.5. The van der Waals surface area contributed by atoms with Gasteiger partial charge in [-0.3, -0.25) is 0 Å². The summed E-state index contributed by atoms with van der Waals surface area (Å²) in [6.07, 6.45) is 43.5. The molecular formula is C99H114S6. The van der Waals surface area contributed by atoms with Crippen LogP contribution in [0.15, 0.2) is 175 Å². The standard InChI is InChI=1S/C99H114S6/c1-9-15-21-27-33-70-40-49-76(50-41-70)98(77-51-42-71(43-52-77)34-28-22-16-10-2)85-64-83-86(63-82(85)95-87(98)61-68(7)100-95)99(78-53-44-72(45-54-78)35-29-23-17-11-3,79-55-46-73(47-56-79)36-30-24-18-12-4)88-67-94(104-96(83)88)90-59-60-91(103-90)97-84(89-58-57-80(102-89)38-32-26-20-14-6)66-93(105-97)92-65-81(69(8)101-92)75-48-39-74(62-75)37-31-25-19-13-5/h39-61,63-67H,9-38,62H2,1-8H3. The molecule has 6 heterocycles. The normalized spacial score (nSPS) is 13.9. The summed E-state index contributed by atoms with van der Waals surface area (Å²) in [5.41, 5.74) is 24.7. The van der Waals surface area contributed by atoms with E-state index in [4.69, 9.17) is 0 Å². The molecule has 14 rings (SSSR count). The zero-order chi connectivity index (χ0) is 72.3. The molecule has 3 aliphatic carbocycles. The molecule has 3 aliphatic rings. The number of thiophene rings is 6. The fraction of sp³-hybridized carbons (Fsp3) is 0.414. The second-order valence-electron chi connectivity index (χ2n) is 31.1. The Labute approximate surface area is 656 Å². The van der Waals surface area contributed by atoms with Gasteiger partial charge in [-0.2, -0.15) is 0 Å². The highest BCUT2D eigenvalue weighted by molar-refractivity contribution is 7.29. The van der Waals surface area contributed by atoms with Crippen molar-refractivity contribution in [3.8, 4) is 60.6 Å². The highest BCUT2D eigenvalue weighted by Gasteiger charge is 2.53. The van der Waals surface area contributed by atoms with Crippen LogP contribution in [0.5, 0.6) is 0 Å². The van der Waals surface area contributed by atoms with Crippen LogP contribution < -0.4 is 0 Å². The number of aryl methyl sites for hydroxylation is 7. The van der Waals surface area contributed by atoms with E-state index >= 15 is 0 Å². The van der Waals surface area contributed by atoms with Gasteiger partial charge in [-0.05, 0) is 247 Å². The van der Waals surface area contributed by atoms with Gasteiger partial charge in [-0.1, -0.05) is 272 Å². The lowest BCUT2D eigenvalue weighted by atomic mass is 9.65. The Morgan fingerprint density at radius 1 is 0.276 bits per heavy atom. The highest BCUT2D eigenvalue weighted by Crippen LogP contribution is 2.66. The van der Waals surface area contributed by atoms with Gasteiger partial charge in [0, 0.05) is 59.2 Å². The molecule has 0 nitrogen and oxygen atoms in total. The first-order valence-electron chi connectivity index (χ1n) is 41.3. The molecule has 0 atom stereocenters. The van der Waals surface area contributed by atoms with Crippen molar-refractivity contribution in [2.75, 3.05) is 0 Å². The molecule has 11 aromatic rings. The highest BCUT2D eigenvalue weighted by atomic mass is 32.1. The Bertz CT molecular complexity index is 4610. The van der Waals surface area contributed by atoms with Crippen molar-refractivity contribution in [3.05, 3.63) is 262 Å². The summed E-state index contributed by atoms with van der Waals surface area (Å²) in [6.45, 7) is 18.7. The third kappa shape index (κ3) is 16.0. The maximum Gasteiger partial charge on any atom is 0.0722 e. The predicted octanol–water partition coefficient (Wildman–Crippen LogP) is 32.4. The van der Waals surface area contributed by atoms with Crippen LogP contribution in [0, 0.1) is 13.8 Å². The molecule has 0 saturated carbocycles. The van der Waals surface area contributed by atoms with Gasteiger partial charge >= 0.3 is 0 Å². The fourth-order valence-electron chi connectivity index (χ4n) is 17.6. The second-order valence-corrected chi connectivity index (χ2v) is 38.0. The van der Waals surface area contributed by atoms with E-state index in [2.05, 4.69) is 237 Å². The quantitative estimate of drug-likeness (QED) is 0.0337. The molecular weight excluding hydrogens is 1380 g/mol. The smallest absolute Gasteiger partial charge is 0.0722 e. The van der Waals surface area contributed by atoms with Crippen LogP contribution in [0.3, 0.4) is 0 Å². The van der Waals surface area contributed by atoms with Crippen LogP contribution in [-0.2, 0) is 42.9 Å². The first kappa shape index (κ1) is 75.6. The minimum atomic E-state index is -0.575. The van der Waals surface area contributed by atoms with Crippen LogP contribution in [-0.4, -0.2) is 0 Å². The van der Waals surface area contributed by atoms with Gasteiger partial charge in [0.1, 0.15) is 0 Å². The third-order valence-electron chi connectivity index (χ3n) is 23.5. The lowest BCUT2D eigenvalue weighted by molar-refractivity contribution is 0.662. The van der Waals surface area contributed by atoms with Gasteiger partial charge in [0.25, 0.3) is 0 Å². The van der Waals surface area contributed by atoms with E-state index in [0.717, 1.165) is 38.5 Å². The lowest BCUT2D eigenvalue weighted by Gasteiger charge is -2.35. The molecule has 0 bridgehead atoms. The number of unbranched alkanes of at least 4 members (excludes halogenated alkanes) is 18. The molecule has 546 valence electrons. The van der Waals surface area contributed by atoms with Crippen molar-refractivity contribution in [3.63, 3.8) is 0 Å². The van der Waals surface area contributed by atoms with E-state index in [1.54, 1.807) is 5.57 Å². The number of rotatable bonds is 39. The van der Waals surface area contributed by atoms with Crippen molar-refractivity contribution in [2.24, 2.45) is 0 Å². The summed E-state index contributed by atoms with van der Waals surface area (Å²) >= 11 is 12.1. The van der Waals surface area contributed by atoms with Crippen LogP contribution in [0.2, 0.25) is 0 Å². The molecule has 0 fully saturated rings. The number of fused-ring (bicyclic) bond motifs is 6. The van der Waals surface area contributed by atoms with Crippen molar-refractivity contribution < 1.29 is 0 Å². The summed E-state index contributed by atoms with van der Waals surface area (Å²) < 4.78 is 0. The number of benzene rings is 5. The molecule has 5 aromatic carbocycles. The molecule has 0 spiro atoms. The molecule has 0 unspecified atom stereocenters. The minimum Gasteiger partial charge on any atom is -0.140 e. The molecule has 6 aromatic heterocycles. The summed E-state index contributed by atoms with van der Waals surface area (Å²) in [5.74, 6) is 0. The van der Waals surface area contributed by atoms with Crippen molar-refractivity contribution in [2.45, 2.75) is 265 Å². The molecule has 0 amide bonds. The van der Waals surface area contributed by atoms with Crippen LogP contribution in [0.4, 0.5) is 0 Å². The maximum absolute atomic E-state index is 2.76. The predicted molar refractivity (Wildman–Crippen MR) is 468 cm³/mol. The molecule has 105 heavy (non-hydrogen) atoms. The van der Waals surface area contributed by atoms with Crippen LogP contribution in [0.1, 0.15) is 295 Å². The number of hydrogen-bond acceptors (Lipinski definition) is 6. The largest absolute Gasteiger partial charge is 0.140 e. The third-order valence-corrected chi connectivity index (χ3v) is 30.8. The maximum atomic E-state index is 2.76. The summed E-state index contributed by atoms with van der Waals surface area (Å²) in [6, 6.07) is 66.1. The van der Waals surface area contributed by atoms with Gasteiger partial charge in [0.2, 0.25) is 0 Å². The molecule has 6 heteroatoms. The van der Waals surface area contributed by atoms with Crippen LogP contribution in [0.25, 0.3) is 66.2 Å². The Morgan fingerprint density at radius 2 is 0.676 bits per heavy atom. The summed E-state index contributed by atoms with van der Waals surface area (Å²) in [5, 5.41) is 0. The Balaban J connectivity index is 0.935. The summed E-state index contributed by atoms with van der Waals surface area (Å²) in [4.78, 5) is 16.8. The Kier molecular flexibility index (Phi) is 25.5. The van der Waals surface area contributed by atoms with E-state index in [1.165, 1.54) is 314 Å². The van der Waals surface area contributed by atoms with Crippen molar-refractivity contribution in [1.82, 2.24) is 0 Å². The van der Waals surface area contributed by atoms with E-state index < -0.39 is 10.8 Å². The average Bonchev–Trinajstić information content (AvgIpc) is 1.51. The van der Waals surface area contributed by atoms with E-state index in [0.29, 0.717) is 0 Å². The minimum absolute atomic E-state index is 0.514. The lowest BCUT2D eigenvalue weighted by Crippen LogP contribution is -2.30. The van der Waals surface area contributed by atoms with Crippen molar-refractivity contribution >= 4 is 73.6 Å². The first-order valence-corrected chi connectivity index (χ1v) is 46.2. The monoisotopic (exact) mass is 1490 g/mol. The summed E-state index contributed by atoms with van der Waals surface area (Å²) in [7, 11) is 0. The number of hydrogen-bond donors (Lipinski definition) is 0. The Hall–Kier alpha value is -6.22. The topological polar surface area (TPSA) is 0 Å². The van der Waals surface area contributed by atoms with E-state index in [1.807, 2.05) is 56.7 Å². The van der Waals surface area contributed by atoms with Gasteiger partial charge in [0.05, 0.1) is 15.7 Å². The van der Waals surface area contributed by atoms with E-state index in [9.17, 15) is 0 Å². The fourth-order valence-corrected chi connectivity index (χ4v) is 24.6. The molecule has 0 N–H and O–H groups in total. The zero-order valence-corrected chi connectivity index (χ0v) is 69.4. The van der Waals surface area contributed by atoms with Gasteiger partial charge in [0.15, 0.2) is 0 Å². The molecule has 0 aliphatic heterocycles. The van der Waals surface area contributed by atoms with Gasteiger partial charge < -0.3 is 0 Å². The second kappa shape index (κ2) is 35.4. The number of allylic oxidation sites excluding steroid dienone is 4. The van der Waals surface area contributed by atoms with E-state index in [-0.39, 0.29) is 0 Å². The van der Waals surface area contributed by atoms with Crippen molar-refractivity contribution in [1.29, 1.82) is 0 Å². The molecule has 0 saturated heterocycles. The molecule has 0 radical (unpaired) electrons.